The second kappa shape index (κ2) is 4.86. The highest BCUT2D eigenvalue weighted by Crippen LogP contribution is 2.43. The van der Waals surface area contributed by atoms with Gasteiger partial charge < -0.3 is 4.74 Å². The zero-order chi connectivity index (χ0) is 13.2. The molecule has 0 saturated carbocycles. The summed E-state index contributed by atoms with van der Waals surface area (Å²) < 4.78 is 4.75. The monoisotopic (exact) mass is 268 g/mol. The second-order valence-electron chi connectivity index (χ2n) is 4.20. The van der Waals surface area contributed by atoms with Crippen molar-refractivity contribution in [3.8, 4) is 0 Å². The zero-order valence-electron chi connectivity index (χ0n) is 10.4. The first kappa shape index (κ1) is 11.9. The maximum atomic E-state index is 11.6. The highest BCUT2D eigenvalue weighted by molar-refractivity contribution is 7.11. The Kier molecular flexibility index (Phi) is 3.05. The average Bonchev–Trinajstić information content (AvgIpc) is 3.02. The van der Waals surface area contributed by atoms with Crippen LogP contribution >= 0.6 is 11.3 Å². The molecule has 0 spiro atoms. The Morgan fingerprint density at radius 2 is 2.00 bits per heavy atom. The minimum atomic E-state index is -0.323. The van der Waals surface area contributed by atoms with Crippen LogP contribution in [0.25, 0.3) is 17.2 Å². The molecule has 3 heteroatoms. The van der Waals surface area contributed by atoms with Gasteiger partial charge in [0, 0.05) is 16.5 Å². The van der Waals surface area contributed by atoms with Crippen LogP contribution in [0.4, 0.5) is 0 Å². The van der Waals surface area contributed by atoms with Crippen molar-refractivity contribution in [3.05, 3.63) is 63.9 Å². The fourth-order valence-electron chi connectivity index (χ4n) is 2.20. The van der Waals surface area contributed by atoms with Gasteiger partial charge in [0.05, 0.1) is 7.11 Å². The summed E-state index contributed by atoms with van der Waals surface area (Å²) in [5.74, 6) is -0.323. The fourth-order valence-corrected chi connectivity index (χ4v) is 3.04. The van der Waals surface area contributed by atoms with Crippen molar-refractivity contribution in [2.75, 3.05) is 7.11 Å². The van der Waals surface area contributed by atoms with Crippen molar-refractivity contribution in [1.29, 1.82) is 0 Å². The number of carbonyl (C=O) groups excluding carboxylic acids is 1. The first-order valence-electron chi connectivity index (χ1n) is 5.94. The Morgan fingerprint density at radius 3 is 2.74 bits per heavy atom. The number of rotatable bonds is 2. The van der Waals surface area contributed by atoms with Gasteiger partial charge in [-0.1, -0.05) is 30.3 Å². The second-order valence-corrected chi connectivity index (χ2v) is 5.15. The van der Waals surface area contributed by atoms with E-state index in [0.29, 0.717) is 0 Å². The lowest BCUT2D eigenvalue weighted by atomic mass is 9.98. The molecule has 0 unspecified atom stereocenters. The molecule has 0 aliphatic heterocycles. The molecule has 2 nitrogen and oxygen atoms in total. The normalized spacial score (nSPS) is 15.2. The molecule has 0 saturated heterocycles. The molecule has 1 aromatic carbocycles. The van der Waals surface area contributed by atoms with Gasteiger partial charge in [-0.2, -0.15) is 0 Å². The summed E-state index contributed by atoms with van der Waals surface area (Å²) in [6.45, 7) is 0. The third kappa shape index (κ3) is 2.13. The summed E-state index contributed by atoms with van der Waals surface area (Å²) in [4.78, 5) is 12.7. The number of ether oxygens (including phenoxy) is 1. The SMILES string of the molecule is COC(=O)/C=C1/C(c2ccccc2)=Cc2sccc21. The maximum Gasteiger partial charge on any atom is 0.331 e. The number of methoxy groups -OCH3 is 1. The van der Waals surface area contributed by atoms with Crippen molar-refractivity contribution in [2.24, 2.45) is 0 Å². The van der Waals surface area contributed by atoms with Gasteiger partial charge in [-0.05, 0) is 34.2 Å². The van der Waals surface area contributed by atoms with Crippen molar-refractivity contribution in [2.45, 2.75) is 0 Å². The number of hydrogen-bond acceptors (Lipinski definition) is 3. The molecular formula is C16H12O2S. The molecule has 1 aliphatic carbocycles. The number of benzene rings is 1. The van der Waals surface area contributed by atoms with Crippen LogP contribution in [-0.4, -0.2) is 13.1 Å². The van der Waals surface area contributed by atoms with Crippen LogP contribution in [0.2, 0.25) is 0 Å². The van der Waals surface area contributed by atoms with E-state index in [-0.39, 0.29) is 5.97 Å². The summed E-state index contributed by atoms with van der Waals surface area (Å²) in [5.41, 5.74) is 4.23. The summed E-state index contributed by atoms with van der Waals surface area (Å²) in [5, 5.41) is 2.04. The van der Waals surface area contributed by atoms with Crippen LogP contribution in [0.5, 0.6) is 0 Å². The number of carbonyl (C=O) groups is 1. The van der Waals surface area contributed by atoms with Gasteiger partial charge in [0.15, 0.2) is 0 Å². The maximum absolute atomic E-state index is 11.6. The van der Waals surface area contributed by atoms with Crippen molar-refractivity contribution >= 4 is 34.5 Å². The molecule has 0 atom stereocenters. The highest BCUT2D eigenvalue weighted by Gasteiger charge is 2.22. The third-order valence-electron chi connectivity index (χ3n) is 3.10. The van der Waals surface area contributed by atoms with E-state index in [0.717, 1.165) is 22.3 Å². The van der Waals surface area contributed by atoms with Crippen LogP contribution in [0.1, 0.15) is 16.0 Å². The number of thiophene rings is 1. The van der Waals surface area contributed by atoms with Gasteiger partial charge in [0.2, 0.25) is 0 Å². The van der Waals surface area contributed by atoms with Crippen LogP contribution in [0.15, 0.2) is 47.9 Å². The molecular weight excluding hydrogens is 256 g/mol. The first-order chi connectivity index (χ1) is 9.29. The summed E-state index contributed by atoms with van der Waals surface area (Å²) in [6.07, 6.45) is 3.70. The Hall–Kier alpha value is -2.13. The smallest absolute Gasteiger partial charge is 0.331 e. The molecule has 1 aromatic heterocycles. The molecule has 94 valence electrons. The van der Waals surface area contributed by atoms with E-state index >= 15 is 0 Å². The van der Waals surface area contributed by atoms with Gasteiger partial charge >= 0.3 is 5.97 Å². The van der Waals surface area contributed by atoms with Crippen LogP contribution in [0.3, 0.4) is 0 Å². The molecule has 19 heavy (non-hydrogen) atoms. The topological polar surface area (TPSA) is 26.3 Å². The number of hydrogen-bond donors (Lipinski definition) is 0. The van der Waals surface area contributed by atoms with Crippen molar-refractivity contribution in [1.82, 2.24) is 0 Å². The van der Waals surface area contributed by atoms with Crippen LogP contribution in [-0.2, 0) is 9.53 Å². The Morgan fingerprint density at radius 1 is 1.21 bits per heavy atom. The van der Waals surface area contributed by atoms with Gasteiger partial charge in [-0.25, -0.2) is 4.79 Å². The minimum absolute atomic E-state index is 0.323. The minimum Gasteiger partial charge on any atom is -0.466 e. The number of fused-ring (bicyclic) bond motifs is 1. The predicted molar refractivity (Wildman–Crippen MR) is 78.6 cm³/mol. The Labute approximate surface area is 115 Å². The van der Waals surface area contributed by atoms with E-state index in [2.05, 4.69) is 6.08 Å². The molecule has 1 heterocycles. The zero-order valence-corrected chi connectivity index (χ0v) is 11.2. The molecule has 2 aromatic rings. The van der Waals surface area contributed by atoms with Gasteiger partial charge in [0.25, 0.3) is 0 Å². The first-order valence-corrected chi connectivity index (χ1v) is 6.82. The Balaban J connectivity index is 2.12. The van der Waals surface area contributed by atoms with E-state index in [4.69, 9.17) is 4.74 Å². The van der Waals surface area contributed by atoms with Crippen LogP contribution < -0.4 is 0 Å². The number of esters is 1. The van der Waals surface area contributed by atoms with Crippen LogP contribution in [0, 0.1) is 0 Å². The predicted octanol–water partition coefficient (Wildman–Crippen LogP) is 3.86. The average molecular weight is 268 g/mol. The lowest BCUT2D eigenvalue weighted by Crippen LogP contribution is -1.97. The molecule has 0 fully saturated rings. The summed E-state index contributed by atoms with van der Waals surface area (Å²) in [6, 6.07) is 12.1. The van der Waals surface area contributed by atoms with E-state index in [1.54, 1.807) is 17.4 Å². The van der Waals surface area contributed by atoms with E-state index < -0.39 is 0 Å². The van der Waals surface area contributed by atoms with Crippen molar-refractivity contribution in [3.63, 3.8) is 0 Å². The van der Waals surface area contributed by atoms with Gasteiger partial charge in [-0.15, -0.1) is 11.3 Å². The van der Waals surface area contributed by atoms with E-state index in [1.807, 2.05) is 41.8 Å². The van der Waals surface area contributed by atoms with E-state index in [1.165, 1.54) is 12.0 Å². The Bertz CT molecular complexity index is 678. The highest BCUT2D eigenvalue weighted by atomic mass is 32.1. The third-order valence-corrected chi connectivity index (χ3v) is 3.96. The molecule has 3 rings (SSSR count). The fraction of sp³-hybridized carbons (Fsp3) is 0.0625. The lowest BCUT2D eigenvalue weighted by Gasteiger charge is -2.06. The number of allylic oxidation sites excluding steroid dienone is 2. The molecule has 0 radical (unpaired) electrons. The largest absolute Gasteiger partial charge is 0.466 e. The quantitative estimate of drug-likeness (QED) is 0.610. The van der Waals surface area contributed by atoms with E-state index in [9.17, 15) is 4.79 Å². The summed E-state index contributed by atoms with van der Waals surface area (Å²) in [7, 11) is 1.40. The summed E-state index contributed by atoms with van der Waals surface area (Å²) >= 11 is 1.68. The van der Waals surface area contributed by atoms with Crippen molar-refractivity contribution < 1.29 is 9.53 Å². The molecule has 0 N–H and O–H groups in total. The lowest BCUT2D eigenvalue weighted by molar-refractivity contribution is -0.134. The molecule has 0 bridgehead atoms. The molecule has 0 amide bonds. The van der Waals surface area contributed by atoms with Gasteiger partial charge in [-0.3, -0.25) is 0 Å². The standard InChI is InChI=1S/C16H12O2S/c1-18-16(17)10-14-12-7-8-19-15(12)9-13(14)11-5-3-2-4-6-11/h2-10H,1H3/b14-10+. The molecule has 1 aliphatic rings. The van der Waals surface area contributed by atoms with Gasteiger partial charge in [0.1, 0.15) is 0 Å².